The molecule has 3 atom stereocenters. The molecule has 0 aromatic heterocycles. The van der Waals surface area contributed by atoms with E-state index in [9.17, 15) is 23.1 Å². The minimum absolute atomic E-state index is 0.0972. The standard InChI is InChI=1S/C31H35F3N2O3/c1-35(28(38)13-10-22-8-11-24(12-9-22)31(32,33)34)26-14-15-30(39-2)21-36(20-23-6-7-23)17-16-29(30,19-26)25-4-3-5-27(37)18-25/h3-5,8-9,11-12,18,23,26,37H,6-7,14-17,19-21H2,1-2H3/t26-,29+,30+/m1/s1. The Kier molecular flexibility index (Phi) is 7.43. The minimum atomic E-state index is -4.42. The summed E-state index contributed by atoms with van der Waals surface area (Å²) in [6.45, 7) is 2.83. The van der Waals surface area contributed by atoms with E-state index >= 15 is 0 Å². The third-order valence-electron chi connectivity index (χ3n) is 9.07. The number of halogens is 3. The molecule has 0 spiro atoms. The number of carbonyl (C=O) groups excluding carboxylic acids is 1. The summed E-state index contributed by atoms with van der Waals surface area (Å²) >= 11 is 0. The number of piperidine rings is 1. The predicted octanol–water partition coefficient (Wildman–Crippen LogP) is 5.21. The molecule has 8 heteroatoms. The van der Waals surface area contributed by atoms with Gasteiger partial charge in [-0.25, -0.2) is 0 Å². The van der Waals surface area contributed by atoms with Crippen LogP contribution in [0.15, 0.2) is 48.5 Å². The minimum Gasteiger partial charge on any atom is -0.508 e. The van der Waals surface area contributed by atoms with Crippen LogP contribution in [0, 0.1) is 17.8 Å². The molecule has 5 rings (SSSR count). The summed E-state index contributed by atoms with van der Waals surface area (Å²) in [7, 11) is 3.52. The van der Waals surface area contributed by atoms with Gasteiger partial charge in [-0.05, 0) is 92.9 Å². The maximum Gasteiger partial charge on any atom is 0.416 e. The average Bonchev–Trinajstić information content (AvgIpc) is 3.74. The van der Waals surface area contributed by atoms with E-state index < -0.39 is 22.8 Å². The quantitative estimate of drug-likeness (QED) is 0.529. The second-order valence-corrected chi connectivity index (χ2v) is 11.4. The molecule has 2 aliphatic carbocycles. The van der Waals surface area contributed by atoms with E-state index in [1.165, 1.54) is 25.0 Å². The molecule has 39 heavy (non-hydrogen) atoms. The first kappa shape index (κ1) is 27.5. The highest BCUT2D eigenvalue weighted by atomic mass is 19.4. The van der Waals surface area contributed by atoms with Gasteiger partial charge in [0.05, 0.1) is 11.2 Å². The molecule has 1 N–H and O–H groups in total. The molecule has 3 aliphatic rings. The molecule has 208 valence electrons. The fraction of sp³-hybridized carbons (Fsp3) is 0.516. The van der Waals surface area contributed by atoms with Crippen molar-refractivity contribution in [1.29, 1.82) is 0 Å². The molecule has 2 saturated carbocycles. The lowest BCUT2D eigenvalue weighted by molar-refractivity contribution is -0.159. The molecule has 3 fully saturated rings. The van der Waals surface area contributed by atoms with E-state index in [-0.39, 0.29) is 17.7 Å². The summed E-state index contributed by atoms with van der Waals surface area (Å²) < 4.78 is 45.0. The van der Waals surface area contributed by atoms with Crippen molar-refractivity contribution >= 4 is 5.91 Å². The number of nitrogens with zero attached hydrogens (tertiary/aromatic N) is 2. The number of ether oxygens (including phenoxy) is 1. The largest absolute Gasteiger partial charge is 0.508 e. The molecule has 1 aliphatic heterocycles. The first-order chi connectivity index (χ1) is 18.5. The van der Waals surface area contributed by atoms with Gasteiger partial charge >= 0.3 is 6.18 Å². The van der Waals surface area contributed by atoms with E-state index in [1.807, 2.05) is 12.1 Å². The highest BCUT2D eigenvalue weighted by molar-refractivity contribution is 5.94. The molecule has 2 aromatic rings. The van der Waals surface area contributed by atoms with Crippen LogP contribution < -0.4 is 0 Å². The number of hydrogen-bond donors (Lipinski definition) is 1. The number of phenols is 1. The number of likely N-dealkylation sites (tertiary alicyclic amines) is 1. The van der Waals surface area contributed by atoms with Gasteiger partial charge < -0.3 is 19.6 Å². The lowest BCUT2D eigenvalue weighted by Gasteiger charge is -2.60. The lowest BCUT2D eigenvalue weighted by Crippen LogP contribution is -2.68. The van der Waals surface area contributed by atoms with Crippen LogP contribution in [0.3, 0.4) is 0 Å². The molecular formula is C31H35F3N2O3. The number of methoxy groups -OCH3 is 1. The molecule has 5 nitrogen and oxygen atoms in total. The molecule has 0 unspecified atom stereocenters. The summed E-state index contributed by atoms with van der Waals surface area (Å²) in [6.07, 6.45) is 1.19. The van der Waals surface area contributed by atoms with E-state index in [2.05, 4.69) is 22.8 Å². The Labute approximate surface area is 227 Å². The second-order valence-electron chi connectivity index (χ2n) is 11.4. The molecule has 1 heterocycles. The van der Waals surface area contributed by atoms with Gasteiger partial charge in [-0.3, -0.25) is 4.79 Å². The van der Waals surface area contributed by atoms with Crippen molar-refractivity contribution in [2.45, 2.75) is 61.8 Å². The van der Waals surface area contributed by atoms with Crippen LogP contribution in [0.25, 0.3) is 0 Å². The number of alkyl halides is 3. The number of fused-ring (bicyclic) bond motifs is 1. The number of carbonyl (C=O) groups is 1. The molecule has 0 bridgehead atoms. The van der Waals surface area contributed by atoms with E-state index in [4.69, 9.17) is 4.74 Å². The fourth-order valence-electron chi connectivity index (χ4n) is 6.64. The monoisotopic (exact) mass is 540 g/mol. The molecule has 2 aromatic carbocycles. The van der Waals surface area contributed by atoms with Crippen molar-refractivity contribution in [1.82, 2.24) is 9.80 Å². The Morgan fingerprint density at radius 2 is 1.90 bits per heavy atom. The fourth-order valence-corrected chi connectivity index (χ4v) is 6.64. The zero-order valence-corrected chi connectivity index (χ0v) is 22.4. The topological polar surface area (TPSA) is 53.0 Å². The maximum absolute atomic E-state index is 13.1. The van der Waals surface area contributed by atoms with Crippen LogP contribution in [-0.2, 0) is 21.1 Å². The molecular weight excluding hydrogens is 505 g/mol. The van der Waals surface area contributed by atoms with Crippen LogP contribution in [0.5, 0.6) is 5.75 Å². The number of amides is 1. The summed E-state index contributed by atoms with van der Waals surface area (Å²) in [6, 6.07) is 11.8. The highest BCUT2D eigenvalue weighted by Crippen LogP contribution is 2.54. The Morgan fingerprint density at radius 3 is 2.54 bits per heavy atom. The van der Waals surface area contributed by atoms with Gasteiger partial charge in [-0.2, -0.15) is 13.2 Å². The van der Waals surface area contributed by atoms with Crippen LogP contribution in [0.1, 0.15) is 55.2 Å². The van der Waals surface area contributed by atoms with Gasteiger partial charge in [0.15, 0.2) is 0 Å². The second kappa shape index (κ2) is 10.5. The summed E-state index contributed by atoms with van der Waals surface area (Å²) in [4.78, 5) is 17.3. The average molecular weight is 541 g/mol. The normalized spacial score (nSPS) is 27.3. The number of phenolic OH excluding ortho intramolecular Hbond substituents is 1. The Morgan fingerprint density at radius 1 is 1.15 bits per heavy atom. The van der Waals surface area contributed by atoms with Gasteiger partial charge in [0.25, 0.3) is 5.91 Å². The molecule has 0 radical (unpaired) electrons. The Balaban J connectivity index is 1.38. The number of benzene rings is 2. The van der Waals surface area contributed by atoms with Gasteiger partial charge in [-0.1, -0.05) is 18.1 Å². The third kappa shape index (κ3) is 5.53. The van der Waals surface area contributed by atoms with Crippen LogP contribution >= 0.6 is 0 Å². The van der Waals surface area contributed by atoms with Crippen molar-refractivity contribution in [3.05, 3.63) is 65.2 Å². The van der Waals surface area contributed by atoms with Gasteiger partial charge in [0.1, 0.15) is 5.75 Å². The summed E-state index contributed by atoms with van der Waals surface area (Å²) in [5, 5.41) is 10.4. The Hall–Kier alpha value is -3.02. The predicted molar refractivity (Wildman–Crippen MR) is 142 cm³/mol. The van der Waals surface area contributed by atoms with Crippen molar-refractivity contribution in [3.63, 3.8) is 0 Å². The maximum atomic E-state index is 13.1. The molecule has 1 saturated heterocycles. The number of aromatic hydroxyl groups is 1. The first-order valence-electron chi connectivity index (χ1n) is 13.6. The van der Waals surface area contributed by atoms with Gasteiger partial charge in [0, 0.05) is 50.2 Å². The number of hydrogen-bond acceptors (Lipinski definition) is 4. The van der Waals surface area contributed by atoms with Gasteiger partial charge in [-0.15, -0.1) is 0 Å². The van der Waals surface area contributed by atoms with Crippen molar-refractivity contribution in [3.8, 4) is 17.6 Å². The molecule has 1 amide bonds. The third-order valence-corrected chi connectivity index (χ3v) is 9.07. The van der Waals surface area contributed by atoms with Crippen molar-refractivity contribution in [2.24, 2.45) is 5.92 Å². The Bertz CT molecular complexity index is 1260. The van der Waals surface area contributed by atoms with Crippen LogP contribution in [-0.4, -0.2) is 66.2 Å². The SMILES string of the molecule is CO[C@]12CC[C@@H](N(C)C(=O)C#Cc3ccc(C(F)(F)F)cc3)C[C@]1(c1cccc(O)c1)CCN(CC1CC1)C2. The lowest BCUT2D eigenvalue weighted by atomic mass is 9.55. The highest BCUT2D eigenvalue weighted by Gasteiger charge is 2.59. The first-order valence-corrected chi connectivity index (χ1v) is 13.6. The zero-order chi connectivity index (χ0) is 27.8. The zero-order valence-electron chi connectivity index (χ0n) is 22.4. The summed E-state index contributed by atoms with van der Waals surface area (Å²) in [5.41, 5.74) is -0.206. The van der Waals surface area contributed by atoms with E-state index in [0.29, 0.717) is 12.0 Å². The van der Waals surface area contributed by atoms with Crippen LogP contribution in [0.4, 0.5) is 13.2 Å². The summed E-state index contributed by atoms with van der Waals surface area (Å²) in [5.74, 6) is 5.96. The van der Waals surface area contributed by atoms with Crippen molar-refractivity contribution in [2.75, 3.05) is 33.8 Å². The van der Waals surface area contributed by atoms with E-state index in [0.717, 1.165) is 62.5 Å². The van der Waals surface area contributed by atoms with Crippen LogP contribution in [0.2, 0.25) is 0 Å². The van der Waals surface area contributed by atoms with E-state index in [1.54, 1.807) is 25.1 Å². The van der Waals surface area contributed by atoms with Gasteiger partial charge in [0.2, 0.25) is 0 Å². The number of rotatable bonds is 5. The van der Waals surface area contributed by atoms with Crippen molar-refractivity contribution < 1.29 is 27.8 Å². The smallest absolute Gasteiger partial charge is 0.416 e.